The minimum atomic E-state index is -3.88. The summed E-state index contributed by atoms with van der Waals surface area (Å²) >= 11 is 0. The van der Waals surface area contributed by atoms with Gasteiger partial charge in [0.15, 0.2) is 0 Å². The summed E-state index contributed by atoms with van der Waals surface area (Å²) in [6.45, 7) is 2.75. The maximum atomic E-state index is 13.4. The number of methoxy groups -OCH3 is 1. The fraction of sp³-hybridized carbons (Fsp3) is 0.364. The van der Waals surface area contributed by atoms with Crippen molar-refractivity contribution in [3.63, 3.8) is 0 Å². The van der Waals surface area contributed by atoms with Gasteiger partial charge in [-0.25, -0.2) is 22.5 Å². The van der Waals surface area contributed by atoms with Gasteiger partial charge in [0.25, 0.3) is 10.0 Å². The summed E-state index contributed by atoms with van der Waals surface area (Å²) in [6.07, 6.45) is 1.00. The smallest absolute Gasteiger partial charge is 0.414 e. The molecule has 0 bridgehead atoms. The number of fused-ring (bicyclic) bond motifs is 1. The molecule has 0 fully saturated rings. The van der Waals surface area contributed by atoms with Crippen LogP contribution in [0.15, 0.2) is 58.4 Å². The third-order valence-corrected chi connectivity index (χ3v) is 7.17. The van der Waals surface area contributed by atoms with Crippen molar-refractivity contribution in [3.8, 4) is 0 Å². The zero-order valence-corrected chi connectivity index (χ0v) is 18.3. The first kappa shape index (κ1) is 21.2. The van der Waals surface area contributed by atoms with Gasteiger partial charge in [-0.05, 0) is 49.1 Å². The number of amidine groups is 1. The Morgan fingerprint density at radius 1 is 1.19 bits per heavy atom. The molecule has 31 heavy (non-hydrogen) atoms. The zero-order valence-electron chi connectivity index (χ0n) is 17.5. The van der Waals surface area contributed by atoms with E-state index in [2.05, 4.69) is 4.99 Å². The molecule has 0 N–H and O–H groups in total. The van der Waals surface area contributed by atoms with Crippen LogP contribution in [-0.2, 0) is 25.9 Å². The SMILES string of the molecule is CCOC(=O)N1CCCc2cc(S(=O)(=O)N3CC(c4ccccc4)N=C3OC)ccc21. The van der Waals surface area contributed by atoms with Gasteiger partial charge < -0.3 is 9.47 Å². The summed E-state index contributed by atoms with van der Waals surface area (Å²) < 4.78 is 38.5. The van der Waals surface area contributed by atoms with Crippen LogP contribution in [0.3, 0.4) is 0 Å². The Bertz CT molecular complexity index is 1100. The third kappa shape index (κ3) is 3.97. The van der Waals surface area contributed by atoms with Crippen LogP contribution in [0.25, 0.3) is 0 Å². The standard InChI is InChI=1S/C22H25N3O5S/c1-3-30-22(26)24-13-7-10-17-14-18(11-12-20(17)24)31(27,28)25-15-19(23-21(25)29-2)16-8-5-4-6-9-16/h4-6,8-9,11-12,14,19H,3,7,10,13,15H2,1-2H3. The van der Waals surface area contributed by atoms with E-state index in [1.165, 1.54) is 17.5 Å². The molecule has 2 aliphatic heterocycles. The number of carbonyl (C=O) groups is 1. The molecule has 1 unspecified atom stereocenters. The molecular formula is C22H25N3O5S. The number of benzene rings is 2. The number of sulfonamides is 1. The Kier molecular flexibility index (Phi) is 5.86. The number of carbonyl (C=O) groups excluding carboxylic acids is 1. The molecule has 0 radical (unpaired) electrons. The molecule has 0 aliphatic carbocycles. The van der Waals surface area contributed by atoms with Crippen molar-refractivity contribution in [1.29, 1.82) is 0 Å². The van der Waals surface area contributed by atoms with Gasteiger partial charge in [-0.3, -0.25) is 4.90 Å². The highest BCUT2D eigenvalue weighted by Crippen LogP contribution is 2.33. The summed E-state index contributed by atoms with van der Waals surface area (Å²) in [5.74, 6) is 0. The Balaban J connectivity index is 1.63. The van der Waals surface area contributed by atoms with Crippen molar-refractivity contribution in [1.82, 2.24) is 4.31 Å². The van der Waals surface area contributed by atoms with Crippen LogP contribution < -0.4 is 4.90 Å². The Morgan fingerprint density at radius 2 is 1.97 bits per heavy atom. The van der Waals surface area contributed by atoms with Crippen LogP contribution in [0.2, 0.25) is 0 Å². The molecule has 8 nitrogen and oxygen atoms in total. The summed E-state index contributed by atoms with van der Waals surface area (Å²) in [4.78, 5) is 18.4. The molecule has 0 saturated carbocycles. The lowest BCUT2D eigenvalue weighted by Gasteiger charge is -2.29. The van der Waals surface area contributed by atoms with Crippen molar-refractivity contribution in [2.24, 2.45) is 4.99 Å². The van der Waals surface area contributed by atoms with Gasteiger partial charge in [-0.1, -0.05) is 30.3 Å². The second-order valence-corrected chi connectivity index (χ2v) is 9.19. The number of nitrogens with zero attached hydrogens (tertiary/aromatic N) is 3. The molecule has 0 saturated heterocycles. The van der Waals surface area contributed by atoms with Crippen LogP contribution >= 0.6 is 0 Å². The van der Waals surface area contributed by atoms with E-state index in [-0.39, 0.29) is 30.1 Å². The zero-order chi connectivity index (χ0) is 22.0. The Labute approximate surface area is 182 Å². The maximum absolute atomic E-state index is 13.4. The molecule has 1 atom stereocenters. The summed E-state index contributed by atoms with van der Waals surface area (Å²) in [7, 11) is -2.46. The van der Waals surface area contributed by atoms with Gasteiger partial charge >= 0.3 is 12.1 Å². The number of anilines is 1. The highest BCUT2D eigenvalue weighted by molar-refractivity contribution is 7.89. The number of ether oxygens (including phenoxy) is 2. The number of aliphatic imine (C=N–C) groups is 1. The minimum Gasteiger partial charge on any atom is -0.468 e. The molecule has 1 amide bonds. The minimum absolute atomic E-state index is 0.0692. The van der Waals surface area contributed by atoms with E-state index in [4.69, 9.17) is 9.47 Å². The molecule has 2 aliphatic rings. The number of aryl methyl sites for hydroxylation is 1. The lowest BCUT2D eigenvalue weighted by Crippen LogP contribution is -2.37. The van der Waals surface area contributed by atoms with E-state index < -0.39 is 16.1 Å². The number of hydrogen-bond donors (Lipinski definition) is 0. The summed E-state index contributed by atoms with van der Waals surface area (Å²) in [5.41, 5.74) is 2.41. The van der Waals surface area contributed by atoms with Crippen molar-refractivity contribution in [3.05, 3.63) is 59.7 Å². The first-order valence-corrected chi connectivity index (χ1v) is 11.7. The van der Waals surface area contributed by atoms with Gasteiger partial charge in [0.1, 0.15) is 0 Å². The Morgan fingerprint density at radius 3 is 2.68 bits per heavy atom. The largest absolute Gasteiger partial charge is 0.468 e. The quantitative estimate of drug-likeness (QED) is 0.723. The van der Waals surface area contributed by atoms with Gasteiger partial charge in [-0.2, -0.15) is 0 Å². The maximum Gasteiger partial charge on any atom is 0.414 e. The normalized spacial score (nSPS) is 18.4. The molecule has 2 aromatic rings. The number of amides is 1. The van der Waals surface area contributed by atoms with Gasteiger partial charge in [-0.15, -0.1) is 0 Å². The van der Waals surface area contributed by atoms with Gasteiger partial charge in [0.2, 0.25) is 0 Å². The number of hydrogen-bond acceptors (Lipinski definition) is 6. The highest BCUT2D eigenvalue weighted by atomic mass is 32.2. The van der Waals surface area contributed by atoms with Crippen molar-refractivity contribution in [2.45, 2.75) is 30.7 Å². The second-order valence-electron chi connectivity index (χ2n) is 7.32. The van der Waals surface area contributed by atoms with Crippen LogP contribution in [-0.4, -0.2) is 51.6 Å². The molecule has 9 heteroatoms. The van der Waals surface area contributed by atoms with Crippen LogP contribution in [0, 0.1) is 0 Å². The van der Waals surface area contributed by atoms with E-state index in [9.17, 15) is 13.2 Å². The topological polar surface area (TPSA) is 88.5 Å². The van der Waals surface area contributed by atoms with Gasteiger partial charge in [0, 0.05) is 6.54 Å². The molecular weight excluding hydrogens is 418 g/mol. The van der Waals surface area contributed by atoms with Crippen LogP contribution in [0.4, 0.5) is 10.5 Å². The fourth-order valence-corrected chi connectivity index (χ4v) is 5.39. The molecule has 0 aromatic heterocycles. The summed E-state index contributed by atoms with van der Waals surface area (Å²) in [5, 5.41) is 0. The van der Waals surface area contributed by atoms with E-state index in [1.807, 2.05) is 30.3 Å². The predicted molar refractivity (Wildman–Crippen MR) is 117 cm³/mol. The van der Waals surface area contributed by atoms with Crippen LogP contribution in [0.5, 0.6) is 0 Å². The second kappa shape index (κ2) is 8.58. The molecule has 4 rings (SSSR count). The van der Waals surface area contributed by atoms with Crippen molar-refractivity contribution >= 4 is 27.8 Å². The average molecular weight is 444 g/mol. The first-order chi connectivity index (χ1) is 15.0. The highest BCUT2D eigenvalue weighted by Gasteiger charge is 2.37. The Hall–Kier alpha value is -3.07. The monoisotopic (exact) mass is 443 g/mol. The average Bonchev–Trinajstić information content (AvgIpc) is 3.24. The van der Waals surface area contributed by atoms with E-state index in [0.717, 1.165) is 17.5 Å². The predicted octanol–water partition coefficient (Wildman–Crippen LogP) is 3.34. The van der Waals surface area contributed by atoms with Crippen molar-refractivity contribution < 1.29 is 22.7 Å². The fourth-order valence-electron chi connectivity index (χ4n) is 3.94. The van der Waals surface area contributed by atoms with Gasteiger partial charge in [0.05, 0.1) is 36.9 Å². The van der Waals surface area contributed by atoms with Crippen molar-refractivity contribution in [2.75, 3.05) is 31.7 Å². The third-order valence-electron chi connectivity index (χ3n) is 5.43. The molecule has 0 spiro atoms. The lowest BCUT2D eigenvalue weighted by molar-refractivity contribution is 0.159. The van der Waals surface area contributed by atoms with E-state index >= 15 is 0 Å². The van der Waals surface area contributed by atoms with E-state index in [1.54, 1.807) is 24.0 Å². The molecule has 164 valence electrons. The molecule has 2 aromatic carbocycles. The molecule has 2 heterocycles. The first-order valence-electron chi connectivity index (χ1n) is 10.2. The number of rotatable bonds is 4. The van der Waals surface area contributed by atoms with E-state index in [0.29, 0.717) is 18.7 Å². The van der Waals surface area contributed by atoms with Crippen LogP contribution in [0.1, 0.15) is 30.5 Å². The lowest BCUT2D eigenvalue weighted by atomic mass is 10.0. The summed E-state index contributed by atoms with van der Waals surface area (Å²) in [6, 6.07) is 14.1.